The molecule has 0 N–H and O–H groups in total. The largest absolute Gasteiger partial charge is 0.444 e. The van der Waals surface area contributed by atoms with Crippen LogP contribution in [0, 0.1) is 18.6 Å². The van der Waals surface area contributed by atoms with E-state index in [0.717, 1.165) is 4.68 Å². The Balaban J connectivity index is 1.72. The average Bonchev–Trinajstić information content (AvgIpc) is 3.07. The van der Waals surface area contributed by atoms with Gasteiger partial charge >= 0.3 is 12.2 Å². The fraction of sp³-hybridized carbons (Fsp3) is 0.480. The molecule has 36 heavy (non-hydrogen) atoms. The molecule has 0 aliphatic carbocycles. The van der Waals surface area contributed by atoms with Crippen LogP contribution in [0.25, 0.3) is 22.4 Å². The van der Waals surface area contributed by atoms with Crippen LogP contribution in [0.3, 0.4) is 0 Å². The third-order valence-corrected chi connectivity index (χ3v) is 5.44. The molecule has 0 bridgehead atoms. The second kappa shape index (κ2) is 8.79. The first-order valence-corrected chi connectivity index (χ1v) is 11.6. The Hall–Kier alpha value is -3.63. The number of fused-ring (bicyclic) bond motifs is 2. The van der Waals surface area contributed by atoms with Gasteiger partial charge in [0.2, 0.25) is 0 Å². The zero-order chi connectivity index (χ0) is 26.6. The summed E-state index contributed by atoms with van der Waals surface area (Å²) in [6.07, 6.45) is 0.281. The first-order valence-electron chi connectivity index (χ1n) is 11.6. The van der Waals surface area contributed by atoms with Crippen LogP contribution in [0.2, 0.25) is 0 Å². The Bertz CT molecular complexity index is 1370. The standard InChI is InChI=1S/C25H29F2N5O4/c1-13-20-17(32(30-13)23(34)36-25(5,6)7)11-28-21(29-20)18-16(26)10-14-8-9-31(12-15(14)19(18)27)22(33)35-24(2,3)4/h10-11H,8-9,12H2,1-7H3. The minimum absolute atomic E-state index is 0.0682. The van der Waals surface area contributed by atoms with Gasteiger partial charge in [0.25, 0.3) is 0 Å². The molecule has 0 fully saturated rings. The molecular weight excluding hydrogens is 472 g/mol. The monoisotopic (exact) mass is 501 g/mol. The van der Waals surface area contributed by atoms with E-state index in [1.807, 2.05) is 0 Å². The highest BCUT2D eigenvalue weighted by atomic mass is 19.1. The van der Waals surface area contributed by atoms with E-state index in [-0.39, 0.29) is 41.9 Å². The van der Waals surface area contributed by atoms with Crippen molar-refractivity contribution in [3.63, 3.8) is 0 Å². The lowest BCUT2D eigenvalue weighted by atomic mass is 9.95. The van der Waals surface area contributed by atoms with Crippen LogP contribution < -0.4 is 0 Å². The van der Waals surface area contributed by atoms with Crippen molar-refractivity contribution < 1.29 is 27.8 Å². The van der Waals surface area contributed by atoms with Gasteiger partial charge in [0.05, 0.1) is 24.0 Å². The lowest BCUT2D eigenvalue weighted by molar-refractivity contribution is 0.0221. The summed E-state index contributed by atoms with van der Waals surface area (Å²) in [5, 5.41) is 4.18. The summed E-state index contributed by atoms with van der Waals surface area (Å²) in [6.45, 7) is 12.3. The first kappa shape index (κ1) is 25.5. The molecule has 0 unspecified atom stereocenters. The molecule has 3 heterocycles. The van der Waals surface area contributed by atoms with Crippen LogP contribution in [-0.4, -0.2) is 54.6 Å². The fourth-order valence-electron chi connectivity index (χ4n) is 3.93. The normalized spacial score (nSPS) is 14.1. The molecule has 192 valence electrons. The van der Waals surface area contributed by atoms with Gasteiger partial charge in [-0.05, 0) is 66.5 Å². The molecule has 11 heteroatoms. The van der Waals surface area contributed by atoms with Crippen LogP contribution in [0.15, 0.2) is 12.3 Å². The SMILES string of the molecule is Cc1nn(C(=O)OC(C)(C)C)c2cnc(-c3c(F)cc4c(c3F)CN(C(=O)OC(C)(C)C)CC4)nc12. The van der Waals surface area contributed by atoms with Crippen molar-refractivity contribution in [2.45, 2.75) is 72.6 Å². The molecule has 2 aromatic heterocycles. The summed E-state index contributed by atoms with van der Waals surface area (Å²) in [5.41, 5.74) is -0.308. The second-order valence-electron chi connectivity index (χ2n) is 10.7. The molecule has 0 saturated heterocycles. The maximum Gasteiger partial charge on any atom is 0.435 e. The van der Waals surface area contributed by atoms with E-state index in [4.69, 9.17) is 9.47 Å². The van der Waals surface area contributed by atoms with Gasteiger partial charge in [0.1, 0.15) is 33.9 Å². The maximum absolute atomic E-state index is 15.7. The van der Waals surface area contributed by atoms with Crippen molar-refractivity contribution in [1.29, 1.82) is 0 Å². The zero-order valence-corrected chi connectivity index (χ0v) is 21.4. The molecule has 1 aliphatic rings. The molecule has 0 atom stereocenters. The maximum atomic E-state index is 15.7. The Kier molecular flexibility index (Phi) is 6.22. The third kappa shape index (κ3) is 5.00. The number of benzene rings is 1. The highest BCUT2D eigenvalue weighted by molar-refractivity contribution is 5.87. The number of hydrogen-bond donors (Lipinski definition) is 0. The van der Waals surface area contributed by atoms with Crippen molar-refractivity contribution in [2.24, 2.45) is 0 Å². The summed E-state index contributed by atoms with van der Waals surface area (Å²) < 4.78 is 42.6. The Labute approximate surface area is 207 Å². The van der Waals surface area contributed by atoms with Crippen LogP contribution in [-0.2, 0) is 22.4 Å². The lowest BCUT2D eigenvalue weighted by Crippen LogP contribution is -2.40. The van der Waals surface area contributed by atoms with Gasteiger partial charge in [0.15, 0.2) is 5.82 Å². The van der Waals surface area contributed by atoms with Gasteiger partial charge in [-0.25, -0.2) is 28.3 Å². The van der Waals surface area contributed by atoms with E-state index >= 15 is 8.78 Å². The molecule has 3 aromatic rings. The quantitative estimate of drug-likeness (QED) is 0.454. The highest BCUT2D eigenvalue weighted by Crippen LogP contribution is 2.33. The van der Waals surface area contributed by atoms with Gasteiger partial charge in [-0.15, -0.1) is 0 Å². The minimum Gasteiger partial charge on any atom is -0.444 e. The number of aromatic nitrogens is 4. The molecule has 0 spiro atoms. The number of rotatable bonds is 1. The zero-order valence-electron chi connectivity index (χ0n) is 21.4. The predicted molar refractivity (Wildman–Crippen MR) is 127 cm³/mol. The van der Waals surface area contributed by atoms with Gasteiger partial charge in [0, 0.05) is 12.1 Å². The number of amides is 1. The molecule has 0 radical (unpaired) electrons. The van der Waals surface area contributed by atoms with Crippen molar-refractivity contribution in [2.75, 3.05) is 6.54 Å². The number of carbonyl (C=O) groups excluding carboxylic acids is 2. The van der Waals surface area contributed by atoms with Crippen molar-refractivity contribution >= 4 is 23.2 Å². The number of ether oxygens (including phenoxy) is 2. The summed E-state index contributed by atoms with van der Waals surface area (Å²) >= 11 is 0. The molecule has 1 aromatic carbocycles. The van der Waals surface area contributed by atoms with E-state index in [9.17, 15) is 9.59 Å². The van der Waals surface area contributed by atoms with Crippen LogP contribution in [0.4, 0.5) is 18.4 Å². The van der Waals surface area contributed by atoms with Gasteiger partial charge < -0.3 is 14.4 Å². The fourth-order valence-corrected chi connectivity index (χ4v) is 3.93. The van der Waals surface area contributed by atoms with Gasteiger partial charge in [-0.2, -0.15) is 9.78 Å². The Morgan fingerprint density at radius 1 is 1.03 bits per heavy atom. The van der Waals surface area contributed by atoms with Crippen LogP contribution in [0.5, 0.6) is 0 Å². The summed E-state index contributed by atoms with van der Waals surface area (Å²) in [5.74, 6) is -1.84. The summed E-state index contributed by atoms with van der Waals surface area (Å²) in [4.78, 5) is 34.9. The molecule has 4 rings (SSSR count). The molecule has 9 nitrogen and oxygen atoms in total. The van der Waals surface area contributed by atoms with Crippen LogP contribution in [0.1, 0.15) is 58.4 Å². The van der Waals surface area contributed by atoms with Crippen molar-refractivity contribution in [3.05, 3.63) is 40.7 Å². The summed E-state index contributed by atoms with van der Waals surface area (Å²) in [6, 6.07) is 1.25. The second-order valence-corrected chi connectivity index (χ2v) is 10.7. The molecular formula is C25H29F2N5O4. The minimum atomic E-state index is -0.838. The van der Waals surface area contributed by atoms with E-state index in [2.05, 4.69) is 15.1 Å². The topological polar surface area (TPSA) is 99.4 Å². The summed E-state index contributed by atoms with van der Waals surface area (Å²) in [7, 11) is 0. The van der Waals surface area contributed by atoms with E-state index in [1.54, 1.807) is 48.5 Å². The van der Waals surface area contributed by atoms with Gasteiger partial charge in [-0.3, -0.25) is 0 Å². The number of carbonyl (C=O) groups is 2. The highest BCUT2D eigenvalue weighted by Gasteiger charge is 2.31. The third-order valence-electron chi connectivity index (χ3n) is 5.44. The van der Waals surface area contributed by atoms with E-state index < -0.39 is 40.6 Å². The first-order chi connectivity index (χ1) is 16.6. The van der Waals surface area contributed by atoms with E-state index in [0.29, 0.717) is 11.3 Å². The number of halogens is 2. The van der Waals surface area contributed by atoms with Crippen LogP contribution >= 0.6 is 0 Å². The number of nitrogens with zero attached hydrogens (tertiary/aromatic N) is 5. The molecule has 1 amide bonds. The lowest BCUT2D eigenvalue weighted by Gasteiger charge is -2.31. The smallest absolute Gasteiger partial charge is 0.435 e. The molecule has 0 saturated carbocycles. The average molecular weight is 502 g/mol. The van der Waals surface area contributed by atoms with Crippen molar-refractivity contribution in [3.8, 4) is 11.4 Å². The van der Waals surface area contributed by atoms with Gasteiger partial charge in [-0.1, -0.05) is 0 Å². The molecule has 1 aliphatic heterocycles. The Morgan fingerprint density at radius 3 is 2.31 bits per heavy atom. The van der Waals surface area contributed by atoms with Crippen molar-refractivity contribution in [1.82, 2.24) is 24.6 Å². The Morgan fingerprint density at radius 2 is 1.67 bits per heavy atom. The number of aryl methyl sites for hydroxylation is 1. The number of hydrogen-bond acceptors (Lipinski definition) is 7. The predicted octanol–water partition coefficient (Wildman–Crippen LogP) is 5.16. The van der Waals surface area contributed by atoms with E-state index in [1.165, 1.54) is 17.2 Å².